The van der Waals surface area contributed by atoms with Crippen LogP contribution in [0.25, 0.3) is 22.8 Å². The summed E-state index contributed by atoms with van der Waals surface area (Å²) in [6.45, 7) is 0. The number of halogens is 1. The van der Waals surface area contributed by atoms with Gasteiger partial charge in [-0.05, 0) is 36.4 Å². The monoisotopic (exact) mass is 418 g/mol. The van der Waals surface area contributed by atoms with E-state index < -0.39 is 5.82 Å². The van der Waals surface area contributed by atoms with Crippen molar-refractivity contribution in [1.29, 1.82) is 0 Å². The number of nitrogens with zero attached hydrogens (tertiary/aromatic N) is 4. The van der Waals surface area contributed by atoms with Crippen molar-refractivity contribution in [1.82, 2.24) is 15.1 Å². The summed E-state index contributed by atoms with van der Waals surface area (Å²) in [5.41, 5.74) is 7.84. The first-order valence-electron chi connectivity index (χ1n) is 9.27. The zero-order valence-electron chi connectivity index (χ0n) is 16.6. The van der Waals surface area contributed by atoms with Crippen LogP contribution in [0, 0.1) is 5.82 Å². The number of aromatic nitrogens is 3. The maximum atomic E-state index is 14.4. The number of para-hydroxylation sites is 1. The number of nitrogens with two attached hydrogens (primary N) is 2. The second kappa shape index (κ2) is 8.64. The number of ether oxygens (including phenoxy) is 1. The predicted octanol–water partition coefficient (Wildman–Crippen LogP) is 3.44. The molecular weight excluding hydrogens is 399 g/mol. The third-order valence-electron chi connectivity index (χ3n) is 4.50. The van der Waals surface area contributed by atoms with Gasteiger partial charge < -0.3 is 15.0 Å². The standard InChI is InChI=1S/C22H19FN6O2/c1-30-15-8-6-7-14(13-15)21-27-22(31-28-21)19(24)20(17-10-4-5-12-26-17)29(25)18-11-3-2-9-16(18)23/h2-13H,24-25H2,1H3/b20-19-. The first kappa shape index (κ1) is 20.0. The van der Waals surface area contributed by atoms with E-state index >= 15 is 0 Å². The Hall–Kier alpha value is -4.24. The van der Waals surface area contributed by atoms with E-state index in [1.807, 2.05) is 12.1 Å². The van der Waals surface area contributed by atoms with Crippen LogP contribution in [0.15, 0.2) is 77.4 Å². The highest BCUT2D eigenvalue weighted by Gasteiger charge is 2.23. The molecule has 0 bridgehead atoms. The average molecular weight is 418 g/mol. The molecule has 0 amide bonds. The molecule has 2 aromatic heterocycles. The third-order valence-corrected chi connectivity index (χ3v) is 4.50. The topological polar surface area (TPSA) is 116 Å². The number of hydrogen-bond acceptors (Lipinski definition) is 8. The molecule has 0 saturated carbocycles. The van der Waals surface area contributed by atoms with Crippen LogP contribution in [0.2, 0.25) is 0 Å². The average Bonchev–Trinajstić information content (AvgIpc) is 3.31. The summed E-state index contributed by atoms with van der Waals surface area (Å²) in [5, 5.41) is 5.11. The lowest BCUT2D eigenvalue weighted by Gasteiger charge is -2.23. The predicted molar refractivity (Wildman–Crippen MR) is 115 cm³/mol. The molecule has 0 saturated heterocycles. The SMILES string of the molecule is COc1cccc(-c2noc(/C(N)=C(\c3ccccn3)N(N)c3ccccc3F)n2)c1. The molecule has 2 heterocycles. The Morgan fingerprint density at radius 1 is 1.06 bits per heavy atom. The fourth-order valence-corrected chi connectivity index (χ4v) is 2.98. The van der Waals surface area contributed by atoms with E-state index in [4.69, 9.17) is 20.8 Å². The van der Waals surface area contributed by atoms with E-state index in [0.29, 0.717) is 22.8 Å². The van der Waals surface area contributed by atoms with Crippen molar-refractivity contribution in [2.75, 3.05) is 12.1 Å². The van der Waals surface area contributed by atoms with Gasteiger partial charge in [-0.3, -0.25) is 9.99 Å². The summed E-state index contributed by atoms with van der Waals surface area (Å²) in [4.78, 5) is 8.68. The van der Waals surface area contributed by atoms with E-state index in [1.54, 1.807) is 55.8 Å². The van der Waals surface area contributed by atoms with Crippen LogP contribution in [-0.2, 0) is 0 Å². The lowest BCUT2D eigenvalue weighted by atomic mass is 10.2. The largest absolute Gasteiger partial charge is 0.497 e. The molecule has 4 rings (SSSR count). The Labute approximate surface area is 177 Å². The van der Waals surface area contributed by atoms with Crippen molar-refractivity contribution in [3.8, 4) is 17.1 Å². The number of hydrogen-bond donors (Lipinski definition) is 2. The second-order valence-electron chi connectivity index (χ2n) is 6.45. The van der Waals surface area contributed by atoms with Crippen LogP contribution in [0.3, 0.4) is 0 Å². The Balaban J connectivity index is 1.81. The van der Waals surface area contributed by atoms with Gasteiger partial charge in [-0.2, -0.15) is 4.98 Å². The maximum Gasteiger partial charge on any atom is 0.276 e. The van der Waals surface area contributed by atoms with Gasteiger partial charge in [0, 0.05) is 11.8 Å². The molecule has 0 aliphatic rings. The molecule has 2 aromatic carbocycles. The molecule has 0 spiro atoms. The van der Waals surface area contributed by atoms with Crippen molar-refractivity contribution in [2.24, 2.45) is 11.6 Å². The lowest BCUT2D eigenvalue weighted by molar-refractivity contribution is 0.407. The third kappa shape index (κ3) is 4.07. The zero-order valence-corrected chi connectivity index (χ0v) is 16.6. The molecule has 31 heavy (non-hydrogen) atoms. The van der Waals surface area contributed by atoms with Gasteiger partial charge in [0.25, 0.3) is 5.89 Å². The number of pyridine rings is 1. The Morgan fingerprint density at radius 3 is 2.61 bits per heavy atom. The van der Waals surface area contributed by atoms with Gasteiger partial charge in [-0.25, -0.2) is 10.2 Å². The highest BCUT2D eigenvalue weighted by Crippen LogP contribution is 2.29. The zero-order chi connectivity index (χ0) is 21.8. The van der Waals surface area contributed by atoms with E-state index in [-0.39, 0.29) is 23.0 Å². The first-order chi connectivity index (χ1) is 15.1. The Morgan fingerprint density at radius 2 is 1.87 bits per heavy atom. The van der Waals surface area contributed by atoms with Crippen molar-refractivity contribution < 1.29 is 13.7 Å². The van der Waals surface area contributed by atoms with Crippen LogP contribution >= 0.6 is 0 Å². The minimum absolute atomic E-state index is 0.0188. The van der Waals surface area contributed by atoms with Gasteiger partial charge in [-0.15, -0.1) is 0 Å². The van der Waals surface area contributed by atoms with E-state index in [2.05, 4.69) is 15.1 Å². The van der Waals surface area contributed by atoms with Gasteiger partial charge in [0.15, 0.2) is 0 Å². The minimum atomic E-state index is -0.520. The molecule has 0 unspecified atom stereocenters. The molecule has 4 N–H and O–H groups in total. The minimum Gasteiger partial charge on any atom is -0.497 e. The van der Waals surface area contributed by atoms with E-state index in [9.17, 15) is 4.39 Å². The number of methoxy groups -OCH3 is 1. The summed E-state index contributed by atoms with van der Waals surface area (Å²) in [6, 6.07) is 18.5. The molecule has 0 radical (unpaired) electrons. The summed E-state index contributed by atoms with van der Waals surface area (Å²) in [6.07, 6.45) is 1.58. The Bertz CT molecular complexity index is 1230. The van der Waals surface area contributed by atoms with E-state index in [0.717, 1.165) is 5.01 Å². The molecule has 4 aromatic rings. The quantitative estimate of drug-likeness (QED) is 0.361. The number of benzene rings is 2. The summed E-state index contributed by atoms with van der Waals surface area (Å²) in [5.74, 6) is 6.73. The molecule has 9 heteroatoms. The highest BCUT2D eigenvalue weighted by atomic mass is 19.1. The van der Waals surface area contributed by atoms with Crippen molar-refractivity contribution in [3.63, 3.8) is 0 Å². The molecular formula is C22H19FN6O2. The van der Waals surface area contributed by atoms with Gasteiger partial charge in [0.1, 0.15) is 23.0 Å². The maximum absolute atomic E-state index is 14.4. The molecule has 0 aliphatic heterocycles. The Kier molecular flexibility index (Phi) is 5.59. The molecule has 0 aliphatic carbocycles. The lowest BCUT2D eigenvalue weighted by Crippen LogP contribution is -2.32. The van der Waals surface area contributed by atoms with Gasteiger partial charge in [0.05, 0.1) is 18.5 Å². The van der Waals surface area contributed by atoms with Crippen LogP contribution in [0.4, 0.5) is 10.1 Å². The van der Waals surface area contributed by atoms with Gasteiger partial charge in [-0.1, -0.05) is 35.5 Å². The van der Waals surface area contributed by atoms with Gasteiger partial charge in [0.2, 0.25) is 5.82 Å². The second-order valence-corrected chi connectivity index (χ2v) is 6.45. The van der Waals surface area contributed by atoms with Gasteiger partial charge >= 0.3 is 0 Å². The molecule has 0 atom stereocenters. The van der Waals surface area contributed by atoms with Crippen LogP contribution < -0.4 is 21.3 Å². The molecule has 8 nitrogen and oxygen atoms in total. The fraction of sp³-hybridized carbons (Fsp3) is 0.0455. The molecule has 0 fully saturated rings. The van der Waals surface area contributed by atoms with Crippen molar-refractivity contribution in [2.45, 2.75) is 0 Å². The smallest absolute Gasteiger partial charge is 0.276 e. The number of anilines is 1. The van der Waals surface area contributed by atoms with Crippen LogP contribution in [0.5, 0.6) is 5.75 Å². The van der Waals surface area contributed by atoms with Crippen molar-refractivity contribution in [3.05, 3.63) is 90.3 Å². The first-order valence-corrected chi connectivity index (χ1v) is 9.27. The summed E-state index contributed by atoms with van der Waals surface area (Å²) >= 11 is 0. The van der Waals surface area contributed by atoms with E-state index in [1.165, 1.54) is 12.1 Å². The number of hydrazine groups is 1. The molecule has 156 valence electrons. The summed E-state index contributed by atoms with van der Waals surface area (Å²) < 4.78 is 25.0. The number of rotatable bonds is 6. The fourth-order valence-electron chi connectivity index (χ4n) is 2.98. The van der Waals surface area contributed by atoms with Crippen molar-refractivity contribution >= 4 is 17.1 Å². The van der Waals surface area contributed by atoms with Crippen LogP contribution in [-0.4, -0.2) is 22.2 Å². The van der Waals surface area contributed by atoms with Crippen LogP contribution in [0.1, 0.15) is 11.6 Å². The highest BCUT2D eigenvalue weighted by molar-refractivity contribution is 5.92. The normalized spacial score (nSPS) is 11.7. The summed E-state index contributed by atoms with van der Waals surface area (Å²) in [7, 11) is 1.57.